The summed E-state index contributed by atoms with van der Waals surface area (Å²) in [5, 5.41) is 17.1. The molecule has 0 amide bonds. The molecule has 0 saturated heterocycles. The molecule has 1 heterocycles. The van der Waals surface area contributed by atoms with Gasteiger partial charge in [-0.15, -0.1) is 5.10 Å². The van der Waals surface area contributed by atoms with Crippen molar-refractivity contribution in [2.24, 2.45) is 0 Å². The maximum atomic E-state index is 3.86. The van der Waals surface area contributed by atoms with Crippen LogP contribution in [-0.2, 0) is 12.8 Å². The third kappa shape index (κ3) is 3.55. The molecular weight excluding hydrogens is 214 g/mol. The van der Waals surface area contributed by atoms with E-state index in [9.17, 15) is 0 Å². The molecule has 0 spiro atoms. The van der Waals surface area contributed by atoms with Crippen LogP contribution in [0.2, 0.25) is 0 Å². The molecule has 0 saturated carbocycles. The summed E-state index contributed by atoms with van der Waals surface area (Å²) in [5.41, 5.74) is 2.45. The van der Waals surface area contributed by atoms with Crippen molar-refractivity contribution in [3.05, 3.63) is 35.7 Å². The van der Waals surface area contributed by atoms with Crippen LogP contribution in [0.1, 0.15) is 25.2 Å². The fraction of sp³-hybridized carbons (Fsp3) is 0.417. The SMILES string of the molecule is CC(C)Nc1ccc(CCc2nnn[nH]2)cc1. The van der Waals surface area contributed by atoms with Crippen LogP contribution in [0, 0.1) is 0 Å². The Morgan fingerprint density at radius 2 is 1.94 bits per heavy atom. The number of aromatic nitrogens is 4. The highest BCUT2D eigenvalue weighted by atomic mass is 15.5. The molecule has 2 N–H and O–H groups in total. The first-order valence-corrected chi connectivity index (χ1v) is 5.82. The third-order valence-electron chi connectivity index (χ3n) is 2.45. The van der Waals surface area contributed by atoms with Crippen molar-refractivity contribution in [2.45, 2.75) is 32.7 Å². The third-order valence-corrected chi connectivity index (χ3v) is 2.45. The number of nitrogens with one attached hydrogen (secondary N) is 2. The molecule has 90 valence electrons. The first kappa shape index (κ1) is 11.6. The Kier molecular flexibility index (Phi) is 3.69. The number of benzene rings is 1. The van der Waals surface area contributed by atoms with Crippen molar-refractivity contribution in [1.82, 2.24) is 20.6 Å². The Labute approximate surface area is 101 Å². The van der Waals surface area contributed by atoms with Crippen LogP contribution in [0.3, 0.4) is 0 Å². The van der Waals surface area contributed by atoms with Gasteiger partial charge in [0.2, 0.25) is 0 Å². The molecule has 0 radical (unpaired) electrons. The highest BCUT2D eigenvalue weighted by Gasteiger charge is 2.00. The number of anilines is 1. The van der Waals surface area contributed by atoms with E-state index in [-0.39, 0.29) is 0 Å². The van der Waals surface area contributed by atoms with Gasteiger partial charge in [-0.25, -0.2) is 5.10 Å². The van der Waals surface area contributed by atoms with Gasteiger partial charge in [-0.2, -0.15) is 0 Å². The molecule has 0 bridgehead atoms. The molecule has 0 aliphatic heterocycles. The Morgan fingerprint density at radius 1 is 1.18 bits per heavy atom. The van der Waals surface area contributed by atoms with Gasteiger partial charge in [0.1, 0.15) is 5.82 Å². The first-order valence-electron chi connectivity index (χ1n) is 5.82. The van der Waals surface area contributed by atoms with Gasteiger partial charge in [0, 0.05) is 18.2 Å². The average molecular weight is 231 g/mol. The van der Waals surface area contributed by atoms with Crippen molar-refractivity contribution in [3.8, 4) is 0 Å². The van der Waals surface area contributed by atoms with Crippen LogP contribution in [0.5, 0.6) is 0 Å². The van der Waals surface area contributed by atoms with Crippen LogP contribution in [-0.4, -0.2) is 26.7 Å². The van der Waals surface area contributed by atoms with E-state index in [0.29, 0.717) is 6.04 Å². The number of nitrogens with zero attached hydrogens (tertiary/aromatic N) is 3. The molecule has 0 aliphatic rings. The summed E-state index contributed by atoms with van der Waals surface area (Å²) in [4.78, 5) is 0. The van der Waals surface area contributed by atoms with Gasteiger partial charge in [-0.3, -0.25) is 0 Å². The average Bonchev–Trinajstić information content (AvgIpc) is 2.80. The van der Waals surface area contributed by atoms with E-state index in [0.717, 1.165) is 24.4 Å². The summed E-state index contributed by atoms with van der Waals surface area (Å²) in [7, 11) is 0. The predicted octanol–water partition coefficient (Wildman–Crippen LogP) is 1.81. The molecular formula is C12H17N5. The highest BCUT2D eigenvalue weighted by Crippen LogP contribution is 2.11. The minimum Gasteiger partial charge on any atom is -0.383 e. The second-order valence-electron chi connectivity index (χ2n) is 4.34. The molecule has 1 aromatic carbocycles. The second-order valence-corrected chi connectivity index (χ2v) is 4.34. The summed E-state index contributed by atoms with van der Waals surface area (Å²) in [6.45, 7) is 4.26. The fourth-order valence-corrected chi connectivity index (χ4v) is 1.65. The normalized spacial score (nSPS) is 10.8. The maximum absolute atomic E-state index is 3.86. The Morgan fingerprint density at radius 3 is 2.53 bits per heavy atom. The smallest absolute Gasteiger partial charge is 0.148 e. The molecule has 0 atom stereocenters. The van der Waals surface area contributed by atoms with E-state index in [1.165, 1.54) is 5.56 Å². The maximum Gasteiger partial charge on any atom is 0.148 e. The lowest BCUT2D eigenvalue weighted by Crippen LogP contribution is -2.09. The van der Waals surface area contributed by atoms with Crippen LogP contribution in [0.15, 0.2) is 24.3 Å². The van der Waals surface area contributed by atoms with Gasteiger partial charge in [0.15, 0.2) is 0 Å². The van der Waals surface area contributed by atoms with Gasteiger partial charge < -0.3 is 5.32 Å². The number of tetrazole rings is 1. The van der Waals surface area contributed by atoms with Crippen molar-refractivity contribution < 1.29 is 0 Å². The second kappa shape index (κ2) is 5.43. The van der Waals surface area contributed by atoms with Crippen molar-refractivity contribution in [1.29, 1.82) is 0 Å². The lowest BCUT2D eigenvalue weighted by Gasteiger charge is -2.10. The van der Waals surface area contributed by atoms with Crippen molar-refractivity contribution in [2.75, 3.05) is 5.32 Å². The number of rotatable bonds is 5. The van der Waals surface area contributed by atoms with Crippen molar-refractivity contribution >= 4 is 5.69 Å². The zero-order valence-corrected chi connectivity index (χ0v) is 10.1. The molecule has 1 aromatic heterocycles. The van der Waals surface area contributed by atoms with E-state index >= 15 is 0 Å². The van der Waals surface area contributed by atoms with Crippen LogP contribution < -0.4 is 5.32 Å². The monoisotopic (exact) mass is 231 g/mol. The molecule has 2 aromatic rings. The summed E-state index contributed by atoms with van der Waals surface area (Å²) in [5.74, 6) is 0.828. The van der Waals surface area contributed by atoms with Crippen LogP contribution in [0.4, 0.5) is 5.69 Å². The lowest BCUT2D eigenvalue weighted by molar-refractivity contribution is 0.863. The van der Waals surface area contributed by atoms with Crippen molar-refractivity contribution in [3.63, 3.8) is 0 Å². The van der Waals surface area contributed by atoms with Crippen LogP contribution in [0.25, 0.3) is 0 Å². The van der Waals surface area contributed by atoms with E-state index in [1.54, 1.807) is 0 Å². The molecule has 5 nitrogen and oxygen atoms in total. The van der Waals surface area contributed by atoms with Crippen LogP contribution >= 0.6 is 0 Å². The molecule has 2 rings (SSSR count). The minimum absolute atomic E-state index is 0.459. The van der Waals surface area contributed by atoms with E-state index in [2.05, 4.69) is 64.1 Å². The predicted molar refractivity (Wildman–Crippen MR) is 66.8 cm³/mol. The number of H-pyrrole nitrogens is 1. The van der Waals surface area contributed by atoms with E-state index < -0.39 is 0 Å². The molecule has 17 heavy (non-hydrogen) atoms. The summed E-state index contributed by atoms with van der Waals surface area (Å²) >= 11 is 0. The summed E-state index contributed by atoms with van der Waals surface area (Å²) in [6.07, 6.45) is 1.78. The molecule has 0 fully saturated rings. The van der Waals surface area contributed by atoms with E-state index in [1.807, 2.05) is 0 Å². The number of aryl methyl sites for hydroxylation is 2. The zero-order chi connectivity index (χ0) is 12.1. The summed E-state index contributed by atoms with van der Waals surface area (Å²) < 4.78 is 0. The quantitative estimate of drug-likeness (QED) is 0.823. The highest BCUT2D eigenvalue weighted by molar-refractivity contribution is 5.45. The first-order chi connectivity index (χ1) is 8.24. The lowest BCUT2D eigenvalue weighted by atomic mass is 10.1. The number of aromatic amines is 1. The molecule has 0 unspecified atom stereocenters. The largest absolute Gasteiger partial charge is 0.383 e. The van der Waals surface area contributed by atoms with Gasteiger partial charge in [-0.1, -0.05) is 12.1 Å². The topological polar surface area (TPSA) is 66.5 Å². The summed E-state index contributed by atoms with van der Waals surface area (Å²) in [6, 6.07) is 8.94. The molecule has 5 heteroatoms. The van der Waals surface area contributed by atoms with Gasteiger partial charge in [-0.05, 0) is 48.4 Å². The van der Waals surface area contributed by atoms with Gasteiger partial charge >= 0.3 is 0 Å². The Balaban J connectivity index is 1.89. The minimum atomic E-state index is 0.459. The van der Waals surface area contributed by atoms with Gasteiger partial charge in [0.25, 0.3) is 0 Å². The zero-order valence-electron chi connectivity index (χ0n) is 10.1. The number of hydrogen-bond acceptors (Lipinski definition) is 4. The fourth-order valence-electron chi connectivity index (χ4n) is 1.65. The van der Waals surface area contributed by atoms with Gasteiger partial charge in [0.05, 0.1) is 0 Å². The Bertz CT molecular complexity index is 432. The van der Waals surface area contributed by atoms with E-state index in [4.69, 9.17) is 0 Å². The molecule has 0 aliphatic carbocycles. The standard InChI is InChI=1S/C12H17N5/c1-9(2)13-11-6-3-10(4-7-11)5-8-12-14-16-17-15-12/h3-4,6-7,9,13H,5,8H2,1-2H3,(H,14,15,16,17). The number of hydrogen-bond donors (Lipinski definition) is 2. The Hall–Kier alpha value is -1.91.